The van der Waals surface area contributed by atoms with Crippen molar-refractivity contribution in [1.29, 1.82) is 0 Å². The molecule has 1 amide bonds. The van der Waals surface area contributed by atoms with Gasteiger partial charge in [-0.15, -0.1) is 0 Å². The number of halogens is 2. The van der Waals surface area contributed by atoms with E-state index in [1.54, 1.807) is 25.3 Å². The maximum Gasteiger partial charge on any atom is 0.301 e. The van der Waals surface area contributed by atoms with Gasteiger partial charge in [0.15, 0.2) is 0 Å². The van der Waals surface area contributed by atoms with Crippen LogP contribution in [0.2, 0.25) is 0 Å². The van der Waals surface area contributed by atoms with Crippen molar-refractivity contribution in [3.05, 3.63) is 36.3 Å². The second-order valence-corrected chi connectivity index (χ2v) is 8.57. The van der Waals surface area contributed by atoms with Crippen LogP contribution in [0.1, 0.15) is 12.1 Å². The van der Waals surface area contributed by atoms with Crippen molar-refractivity contribution in [2.75, 3.05) is 24.1 Å². The number of alkyl halides is 2. The van der Waals surface area contributed by atoms with Crippen LogP contribution in [-0.2, 0) is 15.0 Å². The van der Waals surface area contributed by atoms with E-state index >= 15 is 0 Å². The normalized spacial score (nSPS) is 18.0. The molecule has 0 radical (unpaired) electrons. The number of nitrogens with zero attached hydrogens (tertiary/aromatic N) is 3. The minimum absolute atomic E-state index is 0.126. The average Bonchev–Trinajstić information content (AvgIpc) is 3.25. The highest BCUT2D eigenvalue weighted by Gasteiger charge is 2.61. The fraction of sp³-hybridized carbons (Fsp3) is 0.353. The third-order valence-corrected chi connectivity index (χ3v) is 5.73. The molecule has 1 unspecified atom stereocenters. The number of carbonyl (C=O) groups excluding carboxylic acids is 1. The summed E-state index contributed by atoms with van der Waals surface area (Å²) in [6, 6.07) is 4.74. The molecule has 2 N–H and O–H groups in total. The van der Waals surface area contributed by atoms with E-state index in [1.165, 1.54) is 26.4 Å². The molecule has 150 valence electrons. The molecule has 1 atom stereocenters. The molecule has 0 saturated heterocycles. The van der Waals surface area contributed by atoms with Crippen LogP contribution in [-0.4, -0.2) is 48.6 Å². The topological polar surface area (TPSA) is 104 Å². The molecule has 0 aromatic carbocycles. The molecule has 1 aliphatic rings. The van der Waals surface area contributed by atoms with E-state index in [0.717, 1.165) is 4.31 Å². The van der Waals surface area contributed by atoms with Crippen molar-refractivity contribution in [2.45, 2.75) is 19.3 Å². The molecular formula is C17H19F2N5O3S. The van der Waals surface area contributed by atoms with Gasteiger partial charge in [-0.05, 0) is 30.7 Å². The molecule has 2 aromatic rings. The van der Waals surface area contributed by atoms with Gasteiger partial charge >= 0.3 is 10.2 Å². The highest BCUT2D eigenvalue weighted by molar-refractivity contribution is 7.90. The Balaban J connectivity index is 1.84. The van der Waals surface area contributed by atoms with E-state index < -0.39 is 34.4 Å². The minimum Gasteiger partial charge on any atom is -0.310 e. The van der Waals surface area contributed by atoms with Crippen molar-refractivity contribution in [3.8, 4) is 11.1 Å². The predicted octanol–water partition coefficient (Wildman–Crippen LogP) is 2.26. The number of hydrogen-bond acceptors (Lipinski definition) is 5. The van der Waals surface area contributed by atoms with Gasteiger partial charge in [-0.2, -0.15) is 12.7 Å². The Morgan fingerprint density at radius 3 is 2.54 bits per heavy atom. The Morgan fingerprint density at radius 1 is 1.25 bits per heavy atom. The Labute approximate surface area is 161 Å². The molecule has 8 nitrogen and oxygen atoms in total. The first-order valence-corrected chi connectivity index (χ1v) is 9.75. The molecule has 2 aromatic heterocycles. The first kappa shape index (κ1) is 20.1. The Kier molecular flexibility index (Phi) is 5.06. The second-order valence-electron chi connectivity index (χ2n) is 6.68. The van der Waals surface area contributed by atoms with Crippen LogP contribution in [0.5, 0.6) is 0 Å². The van der Waals surface area contributed by atoms with E-state index in [1.807, 2.05) is 0 Å². The zero-order valence-corrected chi connectivity index (χ0v) is 16.2. The lowest BCUT2D eigenvalue weighted by Gasteiger charge is -2.15. The first-order chi connectivity index (χ1) is 13.0. The first-order valence-electron chi connectivity index (χ1n) is 8.31. The van der Waals surface area contributed by atoms with Crippen LogP contribution in [0.25, 0.3) is 11.1 Å². The summed E-state index contributed by atoms with van der Waals surface area (Å²) in [5, 5.41) is 2.38. The lowest BCUT2D eigenvalue weighted by molar-refractivity contribution is -0.119. The lowest BCUT2D eigenvalue weighted by atomic mass is 10.1. The summed E-state index contributed by atoms with van der Waals surface area (Å²) in [6.45, 7) is 1.66. The largest absolute Gasteiger partial charge is 0.310 e. The highest BCUT2D eigenvalue weighted by Crippen LogP contribution is 2.49. The Bertz CT molecular complexity index is 1030. The lowest BCUT2D eigenvalue weighted by Crippen LogP contribution is -2.29. The molecule has 28 heavy (non-hydrogen) atoms. The van der Waals surface area contributed by atoms with Gasteiger partial charge in [0.2, 0.25) is 5.91 Å². The van der Waals surface area contributed by atoms with E-state index in [9.17, 15) is 22.0 Å². The van der Waals surface area contributed by atoms with Crippen LogP contribution in [0.15, 0.2) is 30.6 Å². The van der Waals surface area contributed by atoms with Crippen LogP contribution < -0.4 is 10.0 Å². The molecule has 0 bridgehead atoms. The van der Waals surface area contributed by atoms with Crippen LogP contribution >= 0.6 is 0 Å². The van der Waals surface area contributed by atoms with Crippen molar-refractivity contribution in [2.24, 2.45) is 5.92 Å². The van der Waals surface area contributed by atoms with Gasteiger partial charge in [0.25, 0.3) is 5.92 Å². The number of nitrogens with one attached hydrogen (secondary N) is 2. The third-order valence-electron chi connectivity index (χ3n) is 4.29. The van der Waals surface area contributed by atoms with Gasteiger partial charge in [-0.1, -0.05) is 0 Å². The zero-order valence-electron chi connectivity index (χ0n) is 15.4. The minimum atomic E-state index is -3.71. The molecule has 1 saturated carbocycles. The molecule has 0 spiro atoms. The molecule has 0 aliphatic heterocycles. The number of aryl methyl sites for hydroxylation is 1. The summed E-state index contributed by atoms with van der Waals surface area (Å²) >= 11 is 0. The Hall–Kier alpha value is -2.66. The van der Waals surface area contributed by atoms with Crippen molar-refractivity contribution in [3.63, 3.8) is 0 Å². The van der Waals surface area contributed by atoms with Crippen molar-refractivity contribution in [1.82, 2.24) is 14.3 Å². The van der Waals surface area contributed by atoms with E-state index in [2.05, 4.69) is 20.0 Å². The number of pyridine rings is 2. The van der Waals surface area contributed by atoms with E-state index in [4.69, 9.17) is 0 Å². The Morgan fingerprint density at radius 2 is 1.93 bits per heavy atom. The van der Waals surface area contributed by atoms with Gasteiger partial charge in [-0.3, -0.25) is 14.5 Å². The van der Waals surface area contributed by atoms with Crippen molar-refractivity contribution < 1.29 is 22.0 Å². The molecule has 2 heterocycles. The van der Waals surface area contributed by atoms with Gasteiger partial charge in [-0.25, -0.2) is 13.8 Å². The number of rotatable bonds is 6. The van der Waals surface area contributed by atoms with E-state index in [0.29, 0.717) is 22.5 Å². The molecule has 1 aliphatic carbocycles. The van der Waals surface area contributed by atoms with Gasteiger partial charge in [0, 0.05) is 38.5 Å². The van der Waals surface area contributed by atoms with Gasteiger partial charge in [0.05, 0.1) is 11.4 Å². The zero-order chi connectivity index (χ0) is 20.7. The van der Waals surface area contributed by atoms with Gasteiger partial charge in [0.1, 0.15) is 11.7 Å². The predicted molar refractivity (Wildman–Crippen MR) is 100 cm³/mol. The van der Waals surface area contributed by atoms with Crippen LogP contribution in [0, 0.1) is 12.8 Å². The number of amides is 1. The molecule has 11 heteroatoms. The summed E-state index contributed by atoms with van der Waals surface area (Å²) in [6.07, 6.45) is 2.49. The summed E-state index contributed by atoms with van der Waals surface area (Å²) in [7, 11) is -0.910. The molecular weight excluding hydrogens is 392 g/mol. The molecule has 1 fully saturated rings. The van der Waals surface area contributed by atoms with E-state index in [-0.39, 0.29) is 5.82 Å². The van der Waals surface area contributed by atoms with Crippen molar-refractivity contribution >= 4 is 27.6 Å². The summed E-state index contributed by atoms with van der Waals surface area (Å²) in [5.41, 5.74) is 1.93. The highest BCUT2D eigenvalue weighted by atomic mass is 32.2. The number of carbonyl (C=O) groups is 1. The van der Waals surface area contributed by atoms with Crippen LogP contribution in [0.4, 0.5) is 20.3 Å². The summed E-state index contributed by atoms with van der Waals surface area (Å²) in [4.78, 5) is 20.0. The van der Waals surface area contributed by atoms with Crippen LogP contribution in [0.3, 0.4) is 0 Å². The fourth-order valence-electron chi connectivity index (χ4n) is 2.41. The summed E-state index contributed by atoms with van der Waals surface area (Å²) < 4.78 is 53.6. The standard InChI is InChI=1S/C17H19F2N5O3S/c1-10-14(23-28(26,27)24(2)3)6-12(9-21-10)11-4-5-20-15(7-11)22-16(25)13-8-17(13,18)19/h4-7,9,13,23H,8H2,1-3H3,(H,20,22,25). The summed E-state index contributed by atoms with van der Waals surface area (Å²) in [5.74, 6) is -4.94. The van der Waals surface area contributed by atoms with Gasteiger partial charge < -0.3 is 5.32 Å². The SMILES string of the molecule is Cc1ncc(-c2ccnc(NC(=O)C3CC3(F)F)c2)cc1NS(=O)(=O)N(C)C. The maximum atomic E-state index is 13.0. The smallest absolute Gasteiger partial charge is 0.301 e. The molecule has 3 rings (SSSR count). The quantitative estimate of drug-likeness (QED) is 0.759. The monoisotopic (exact) mass is 411 g/mol. The average molecular weight is 411 g/mol. The number of anilines is 2. The fourth-order valence-corrected chi connectivity index (χ4v) is 3.08. The number of aromatic nitrogens is 2. The maximum absolute atomic E-state index is 13.0. The number of hydrogen-bond donors (Lipinski definition) is 2. The third kappa shape index (κ3) is 4.25. The second kappa shape index (κ2) is 7.06.